The van der Waals surface area contributed by atoms with E-state index in [1.807, 2.05) is 24.0 Å². The van der Waals surface area contributed by atoms with Gasteiger partial charge in [0, 0.05) is 13.6 Å². The molecule has 0 atom stereocenters. The fourth-order valence-electron chi connectivity index (χ4n) is 2.33. The van der Waals surface area contributed by atoms with Crippen LogP contribution in [-0.4, -0.2) is 26.8 Å². The molecule has 5 heteroatoms. The molecule has 0 saturated carbocycles. The molecule has 1 aromatic carbocycles. The van der Waals surface area contributed by atoms with E-state index in [0.717, 1.165) is 36.2 Å². The normalized spacial score (nSPS) is 10.8. The van der Waals surface area contributed by atoms with Gasteiger partial charge in [0.05, 0.1) is 11.6 Å². The Labute approximate surface area is 117 Å². The van der Waals surface area contributed by atoms with Crippen molar-refractivity contribution in [3.63, 3.8) is 0 Å². The first kappa shape index (κ1) is 12.6. The lowest BCUT2D eigenvalue weighted by Crippen LogP contribution is -2.03. The van der Waals surface area contributed by atoms with Gasteiger partial charge in [-0.25, -0.2) is 14.6 Å². The molecular formula is C15H17N5. The minimum absolute atomic E-state index is 0.823. The maximum atomic E-state index is 4.41. The molecule has 3 rings (SSSR count). The molecule has 0 unspecified atom stereocenters. The molecule has 2 aromatic heterocycles. The van der Waals surface area contributed by atoms with Crippen LogP contribution in [0, 0.1) is 0 Å². The van der Waals surface area contributed by atoms with Crippen LogP contribution in [0.1, 0.15) is 12.0 Å². The second-order valence-electron chi connectivity index (χ2n) is 4.67. The van der Waals surface area contributed by atoms with E-state index in [2.05, 4.69) is 44.6 Å². The van der Waals surface area contributed by atoms with Crippen molar-refractivity contribution in [2.24, 2.45) is 0 Å². The lowest BCUT2D eigenvalue weighted by molar-refractivity contribution is 0.591. The highest BCUT2D eigenvalue weighted by atomic mass is 15.3. The van der Waals surface area contributed by atoms with Crippen LogP contribution in [0.5, 0.6) is 0 Å². The Morgan fingerprint density at radius 1 is 1.15 bits per heavy atom. The summed E-state index contributed by atoms with van der Waals surface area (Å²) in [5.41, 5.74) is 2.24. The molecule has 2 heterocycles. The standard InChI is InChI=1S/C15H17N5/c1-16-14-13-10-19-20(15(13)18-11-17-14)9-5-8-12-6-3-2-4-7-12/h2-4,6-7,10-11H,5,8-9H2,1H3,(H,16,17,18). The van der Waals surface area contributed by atoms with Crippen LogP contribution in [0.15, 0.2) is 42.9 Å². The van der Waals surface area contributed by atoms with Crippen molar-refractivity contribution in [1.29, 1.82) is 0 Å². The van der Waals surface area contributed by atoms with E-state index in [-0.39, 0.29) is 0 Å². The Morgan fingerprint density at radius 3 is 2.80 bits per heavy atom. The molecule has 20 heavy (non-hydrogen) atoms. The zero-order valence-corrected chi connectivity index (χ0v) is 11.5. The van der Waals surface area contributed by atoms with Crippen LogP contribution < -0.4 is 5.32 Å². The molecule has 5 nitrogen and oxygen atoms in total. The minimum Gasteiger partial charge on any atom is -0.372 e. The van der Waals surface area contributed by atoms with Crippen molar-refractivity contribution in [2.75, 3.05) is 12.4 Å². The Kier molecular flexibility index (Phi) is 3.58. The van der Waals surface area contributed by atoms with Gasteiger partial charge >= 0.3 is 0 Å². The van der Waals surface area contributed by atoms with E-state index in [1.165, 1.54) is 5.56 Å². The number of aromatic nitrogens is 4. The summed E-state index contributed by atoms with van der Waals surface area (Å²) in [5, 5.41) is 8.44. The van der Waals surface area contributed by atoms with Crippen LogP contribution in [0.25, 0.3) is 11.0 Å². The summed E-state index contributed by atoms with van der Waals surface area (Å²) in [6.45, 7) is 0.860. The van der Waals surface area contributed by atoms with Crippen molar-refractivity contribution >= 4 is 16.9 Å². The number of benzene rings is 1. The average Bonchev–Trinajstić information content (AvgIpc) is 2.92. The highest BCUT2D eigenvalue weighted by molar-refractivity contribution is 5.85. The molecule has 102 valence electrons. The maximum Gasteiger partial charge on any atom is 0.163 e. The summed E-state index contributed by atoms with van der Waals surface area (Å²) in [4.78, 5) is 8.52. The van der Waals surface area contributed by atoms with E-state index in [9.17, 15) is 0 Å². The molecular weight excluding hydrogens is 250 g/mol. The predicted molar refractivity (Wildman–Crippen MR) is 79.6 cm³/mol. The van der Waals surface area contributed by atoms with Gasteiger partial charge in [-0.05, 0) is 18.4 Å². The Bertz CT molecular complexity index is 690. The van der Waals surface area contributed by atoms with Crippen LogP contribution in [-0.2, 0) is 13.0 Å². The van der Waals surface area contributed by atoms with E-state index < -0.39 is 0 Å². The van der Waals surface area contributed by atoms with Gasteiger partial charge < -0.3 is 5.32 Å². The summed E-state index contributed by atoms with van der Waals surface area (Å²) in [7, 11) is 1.86. The average molecular weight is 267 g/mol. The third kappa shape index (κ3) is 2.47. The van der Waals surface area contributed by atoms with Gasteiger partial charge in [0.1, 0.15) is 12.1 Å². The highest BCUT2D eigenvalue weighted by Crippen LogP contribution is 2.18. The monoisotopic (exact) mass is 267 g/mol. The fraction of sp³-hybridized carbons (Fsp3) is 0.267. The molecule has 0 bridgehead atoms. The van der Waals surface area contributed by atoms with Crippen LogP contribution in [0.4, 0.5) is 5.82 Å². The summed E-state index contributed by atoms with van der Waals surface area (Å²) >= 11 is 0. The van der Waals surface area contributed by atoms with Gasteiger partial charge in [-0.2, -0.15) is 5.10 Å². The van der Waals surface area contributed by atoms with Gasteiger partial charge in [0.25, 0.3) is 0 Å². The first-order valence-corrected chi connectivity index (χ1v) is 6.76. The lowest BCUT2D eigenvalue weighted by Gasteiger charge is -2.04. The zero-order chi connectivity index (χ0) is 13.8. The molecule has 0 aliphatic rings. The van der Waals surface area contributed by atoms with E-state index in [0.29, 0.717) is 0 Å². The number of fused-ring (bicyclic) bond motifs is 1. The molecule has 0 aliphatic carbocycles. The van der Waals surface area contributed by atoms with E-state index in [4.69, 9.17) is 0 Å². The number of nitrogens with one attached hydrogen (secondary N) is 1. The number of rotatable bonds is 5. The van der Waals surface area contributed by atoms with E-state index in [1.54, 1.807) is 6.33 Å². The van der Waals surface area contributed by atoms with Crippen molar-refractivity contribution in [3.8, 4) is 0 Å². The first-order valence-electron chi connectivity index (χ1n) is 6.76. The third-order valence-corrected chi connectivity index (χ3v) is 3.35. The SMILES string of the molecule is CNc1ncnc2c1cnn2CCCc1ccccc1. The largest absolute Gasteiger partial charge is 0.372 e. The van der Waals surface area contributed by atoms with E-state index >= 15 is 0 Å². The number of nitrogens with zero attached hydrogens (tertiary/aromatic N) is 4. The van der Waals surface area contributed by atoms with Crippen molar-refractivity contribution < 1.29 is 0 Å². The molecule has 0 saturated heterocycles. The van der Waals surface area contributed by atoms with Gasteiger partial charge in [0.15, 0.2) is 5.65 Å². The molecule has 0 amide bonds. The number of hydrogen-bond acceptors (Lipinski definition) is 4. The van der Waals surface area contributed by atoms with Gasteiger partial charge in [-0.15, -0.1) is 0 Å². The van der Waals surface area contributed by atoms with Gasteiger partial charge in [0.2, 0.25) is 0 Å². The summed E-state index contributed by atoms with van der Waals surface area (Å²) in [6, 6.07) is 10.5. The molecule has 0 fully saturated rings. The van der Waals surface area contributed by atoms with Gasteiger partial charge in [-0.1, -0.05) is 30.3 Å². The fourth-order valence-corrected chi connectivity index (χ4v) is 2.33. The Morgan fingerprint density at radius 2 is 2.00 bits per heavy atom. The highest BCUT2D eigenvalue weighted by Gasteiger charge is 2.08. The van der Waals surface area contributed by atoms with Crippen LogP contribution >= 0.6 is 0 Å². The Balaban J connectivity index is 1.72. The summed E-state index contributed by atoms with van der Waals surface area (Å²) in [5.74, 6) is 0.823. The molecule has 0 spiro atoms. The molecule has 0 aliphatic heterocycles. The summed E-state index contributed by atoms with van der Waals surface area (Å²) < 4.78 is 1.95. The molecule has 1 N–H and O–H groups in total. The quantitative estimate of drug-likeness (QED) is 0.771. The molecule has 3 aromatic rings. The van der Waals surface area contributed by atoms with Gasteiger partial charge in [-0.3, -0.25) is 0 Å². The Hall–Kier alpha value is -2.43. The molecule has 0 radical (unpaired) electrons. The number of anilines is 1. The number of aryl methyl sites for hydroxylation is 2. The number of hydrogen-bond donors (Lipinski definition) is 1. The maximum absolute atomic E-state index is 4.41. The second-order valence-corrected chi connectivity index (χ2v) is 4.67. The topological polar surface area (TPSA) is 55.6 Å². The second kappa shape index (κ2) is 5.69. The third-order valence-electron chi connectivity index (χ3n) is 3.35. The van der Waals surface area contributed by atoms with Crippen LogP contribution in [0.3, 0.4) is 0 Å². The zero-order valence-electron chi connectivity index (χ0n) is 11.5. The lowest BCUT2D eigenvalue weighted by atomic mass is 10.1. The van der Waals surface area contributed by atoms with Crippen molar-refractivity contribution in [3.05, 3.63) is 48.4 Å². The first-order chi connectivity index (χ1) is 9.88. The van der Waals surface area contributed by atoms with Crippen molar-refractivity contribution in [1.82, 2.24) is 19.7 Å². The van der Waals surface area contributed by atoms with Crippen LogP contribution in [0.2, 0.25) is 0 Å². The minimum atomic E-state index is 0.823. The van der Waals surface area contributed by atoms with Crippen molar-refractivity contribution in [2.45, 2.75) is 19.4 Å². The predicted octanol–water partition coefficient (Wildman–Crippen LogP) is 2.50. The smallest absolute Gasteiger partial charge is 0.163 e. The summed E-state index contributed by atoms with van der Waals surface area (Å²) in [6.07, 6.45) is 5.49.